The molecule has 45 heavy (non-hydrogen) atoms. The predicted molar refractivity (Wildman–Crippen MR) is 171 cm³/mol. The Morgan fingerprint density at radius 2 is 1.93 bits per heavy atom. The SMILES string of the molecule is N#Cc1cccc(COc2cc(OC/C(C=O)=C/C=C\Nc3ccc4c(c3)OCCO4)c(Cl)cc2CNC[C@@H]2CCC(=O)C2)c1. The van der Waals surface area contributed by atoms with Crippen LogP contribution in [0.4, 0.5) is 5.69 Å². The zero-order chi connectivity index (χ0) is 31.4. The van der Waals surface area contributed by atoms with E-state index >= 15 is 0 Å². The molecule has 1 fully saturated rings. The van der Waals surface area contributed by atoms with Crippen LogP contribution >= 0.6 is 11.6 Å². The maximum absolute atomic E-state index is 11.8. The molecule has 232 valence electrons. The summed E-state index contributed by atoms with van der Waals surface area (Å²) in [5, 5.41) is 16.2. The van der Waals surface area contributed by atoms with Crippen LogP contribution in [0, 0.1) is 17.2 Å². The lowest BCUT2D eigenvalue weighted by molar-refractivity contribution is -0.117. The van der Waals surface area contributed by atoms with Crippen molar-refractivity contribution in [2.75, 3.05) is 31.7 Å². The molecule has 3 aromatic carbocycles. The van der Waals surface area contributed by atoms with Gasteiger partial charge in [-0.15, -0.1) is 0 Å². The number of hydrogen-bond donors (Lipinski definition) is 2. The molecule has 0 bridgehead atoms. The molecule has 5 rings (SSSR count). The average molecular weight is 628 g/mol. The van der Waals surface area contributed by atoms with Gasteiger partial charge >= 0.3 is 0 Å². The zero-order valence-corrected chi connectivity index (χ0v) is 25.5. The zero-order valence-electron chi connectivity index (χ0n) is 24.7. The van der Waals surface area contributed by atoms with E-state index in [0.29, 0.717) is 83.5 Å². The van der Waals surface area contributed by atoms with Crippen LogP contribution in [0.25, 0.3) is 0 Å². The van der Waals surface area contributed by atoms with Gasteiger partial charge in [0.1, 0.15) is 50.0 Å². The largest absolute Gasteiger partial charge is 0.488 e. The smallest absolute Gasteiger partial charge is 0.163 e. The van der Waals surface area contributed by atoms with Crippen LogP contribution in [0.2, 0.25) is 5.02 Å². The van der Waals surface area contributed by atoms with Crippen molar-refractivity contribution in [3.8, 4) is 29.1 Å². The van der Waals surface area contributed by atoms with Crippen molar-refractivity contribution in [2.24, 2.45) is 5.92 Å². The van der Waals surface area contributed by atoms with Crippen LogP contribution in [0.3, 0.4) is 0 Å². The molecule has 0 spiro atoms. The second kappa shape index (κ2) is 15.8. The Hall–Kier alpha value is -4.78. The molecular formula is C35H34ClN3O6. The van der Waals surface area contributed by atoms with Gasteiger partial charge in [-0.2, -0.15) is 5.26 Å². The number of nitrogens with one attached hydrogen (secondary N) is 2. The van der Waals surface area contributed by atoms with E-state index in [1.165, 1.54) is 0 Å². The number of hydrogen-bond acceptors (Lipinski definition) is 9. The molecule has 10 heteroatoms. The Kier molecular flexibility index (Phi) is 11.1. The Morgan fingerprint density at radius 1 is 1.07 bits per heavy atom. The van der Waals surface area contributed by atoms with E-state index in [1.54, 1.807) is 42.6 Å². The van der Waals surface area contributed by atoms with E-state index in [9.17, 15) is 14.9 Å². The highest BCUT2D eigenvalue weighted by Gasteiger charge is 2.22. The standard InChI is InChI=1S/C35H34ClN3O6/c36-31-15-28(20-38-19-25-6-8-30(41)14-25)33(44-22-26-4-1-3-24(13-26)18-37)17-34(31)45-23-27(21-40)5-2-10-39-29-7-9-32-35(16-29)43-12-11-42-32/h1-5,7,9-10,13,15-17,21,25,38-39H,6,8,11-12,14,19-20,22-23H2/b10-2-,27-5+/t25-/m1/s1. The van der Waals surface area contributed by atoms with Crippen molar-refractivity contribution in [3.63, 3.8) is 0 Å². The first-order valence-corrected chi connectivity index (χ1v) is 15.1. The lowest BCUT2D eigenvalue weighted by atomic mass is 10.1. The van der Waals surface area contributed by atoms with E-state index in [-0.39, 0.29) is 13.2 Å². The molecular weight excluding hydrogens is 594 g/mol. The van der Waals surface area contributed by atoms with Gasteiger partial charge in [0.25, 0.3) is 0 Å². The number of Topliss-reactive ketones (excluding diaryl/α,β-unsaturated/α-hetero) is 1. The second-order valence-electron chi connectivity index (χ2n) is 10.8. The van der Waals surface area contributed by atoms with Crippen molar-refractivity contribution in [1.82, 2.24) is 5.32 Å². The summed E-state index contributed by atoms with van der Waals surface area (Å²) in [6.07, 6.45) is 7.94. The third-order valence-corrected chi connectivity index (χ3v) is 7.70. The van der Waals surface area contributed by atoms with E-state index in [4.69, 9.17) is 30.5 Å². The number of ketones is 1. The number of carbonyl (C=O) groups is 2. The number of ether oxygens (including phenoxy) is 4. The van der Waals surface area contributed by atoms with Gasteiger partial charge in [-0.05, 0) is 60.9 Å². The first-order chi connectivity index (χ1) is 22.0. The number of anilines is 1. The number of rotatable bonds is 14. The molecule has 0 aromatic heterocycles. The maximum Gasteiger partial charge on any atom is 0.163 e. The van der Waals surface area contributed by atoms with Gasteiger partial charge in [-0.3, -0.25) is 9.59 Å². The summed E-state index contributed by atoms with van der Waals surface area (Å²) in [7, 11) is 0. The molecule has 0 amide bonds. The Bertz CT molecular complexity index is 1630. The normalized spacial score (nSPS) is 16.0. The number of allylic oxidation sites excluding steroid dienone is 2. The molecule has 1 saturated carbocycles. The van der Waals surface area contributed by atoms with Crippen LogP contribution in [-0.4, -0.2) is 38.4 Å². The van der Waals surface area contributed by atoms with Crippen molar-refractivity contribution >= 4 is 29.4 Å². The van der Waals surface area contributed by atoms with Gasteiger partial charge in [0.15, 0.2) is 11.5 Å². The van der Waals surface area contributed by atoms with Gasteiger partial charge in [-0.25, -0.2) is 0 Å². The summed E-state index contributed by atoms with van der Waals surface area (Å²) in [5.74, 6) is 2.96. The Labute approximate surface area is 267 Å². The molecule has 2 N–H and O–H groups in total. The minimum atomic E-state index is -0.00541. The molecule has 1 heterocycles. The number of fused-ring (bicyclic) bond motifs is 1. The number of nitrogens with zero attached hydrogens (tertiary/aromatic N) is 1. The first-order valence-electron chi connectivity index (χ1n) is 14.8. The molecule has 1 atom stereocenters. The Morgan fingerprint density at radius 3 is 2.73 bits per heavy atom. The quantitative estimate of drug-likeness (QED) is 0.123. The molecule has 1 aliphatic carbocycles. The van der Waals surface area contributed by atoms with Gasteiger partial charge in [0.2, 0.25) is 0 Å². The van der Waals surface area contributed by atoms with Crippen molar-refractivity contribution < 1.29 is 28.5 Å². The second-order valence-corrected chi connectivity index (χ2v) is 11.2. The van der Waals surface area contributed by atoms with Crippen molar-refractivity contribution in [1.29, 1.82) is 5.26 Å². The van der Waals surface area contributed by atoms with Gasteiger partial charge in [-0.1, -0.05) is 29.8 Å². The van der Waals surface area contributed by atoms with Crippen LogP contribution in [-0.2, 0) is 22.7 Å². The lowest BCUT2D eigenvalue weighted by Gasteiger charge is -2.18. The summed E-state index contributed by atoms with van der Waals surface area (Å²) >= 11 is 6.62. The summed E-state index contributed by atoms with van der Waals surface area (Å²) in [6, 6.07) is 18.4. The average Bonchev–Trinajstić information content (AvgIpc) is 3.49. The fourth-order valence-corrected chi connectivity index (χ4v) is 5.30. The third kappa shape index (κ3) is 9.11. The number of carbonyl (C=O) groups excluding carboxylic acids is 2. The molecule has 1 aliphatic heterocycles. The minimum Gasteiger partial charge on any atom is -0.488 e. The Balaban J connectivity index is 1.23. The fourth-order valence-electron chi connectivity index (χ4n) is 5.06. The number of halogens is 1. The number of benzene rings is 3. The first kappa shape index (κ1) is 31.6. The van der Waals surface area contributed by atoms with Gasteiger partial charge in [0, 0.05) is 54.5 Å². The van der Waals surface area contributed by atoms with Crippen LogP contribution in [0.1, 0.15) is 36.0 Å². The molecule has 0 saturated heterocycles. The van der Waals surface area contributed by atoms with E-state index in [1.807, 2.05) is 30.3 Å². The predicted octanol–water partition coefficient (Wildman–Crippen LogP) is 6.15. The topological polar surface area (TPSA) is 119 Å². The number of aldehydes is 1. The van der Waals surface area contributed by atoms with E-state index < -0.39 is 0 Å². The van der Waals surface area contributed by atoms with Crippen molar-refractivity contribution in [2.45, 2.75) is 32.4 Å². The fraction of sp³-hybridized carbons (Fsp3) is 0.286. The summed E-state index contributed by atoms with van der Waals surface area (Å²) in [5.41, 5.74) is 3.44. The third-order valence-electron chi connectivity index (χ3n) is 7.41. The van der Waals surface area contributed by atoms with Crippen LogP contribution in [0.5, 0.6) is 23.0 Å². The van der Waals surface area contributed by atoms with Gasteiger partial charge in [0.05, 0.1) is 16.7 Å². The molecule has 9 nitrogen and oxygen atoms in total. The molecule has 0 unspecified atom stereocenters. The summed E-state index contributed by atoms with van der Waals surface area (Å²) < 4.78 is 23.3. The monoisotopic (exact) mass is 627 g/mol. The summed E-state index contributed by atoms with van der Waals surface area (Å²) in [6.45, 7) is 2.48. The highest BCUT2D eigenvalue weighted by molar-refractivity contribution is 6.32. The summed E-state index contributed by atoms with van der Waals surface area (Å²) in [4.78, 5) is 23.4. The highest BCUT2D eigenvalue weighted by Crippen LogP contribution is 2.34. The molecule has 3 aromatic rings. The maximum atomic E-state index is 11.8. The van der Waals surface area contributed by atoms with E-state index in [0.717, 1.165) is 36.1 Å². The van der Waals surface area contributed by atoms with Crippen molar-refractivity contribution in [3.05, 3.63) is 100 Å². The lowest BCUT2D eigenvalue weighted by Crippen LogP contribution is -2.21. The number of nitriles is 1. The molecule has 2 aliphatic rings. The van der Waals surface area contributed by atoms with Crippen LogP contribution in [0.15, 0.2) is 78.5 Å². The highest BCUT2D eigenvalue weighted by atomic mass is 35.5. The van der Waals surface area contributed by atoms with Gasteiger partial charge < -0.3 is 29.6 Å². The minimum absolute atomic E-state index is 0.00541. The van der Waals surface area contributed by atoms with E-state index in [2.05, 4.69) is 16.7 Å². The van der Waals surface area contributed by atoms with Crippen LogP contribution < -0.4 is 29.6 Å². The molecule has 0 radical (unpaired) electrons.